The van der Waals surface area contributed by atoms with Crippen LogP contribution in [-0.4, -0.2) is 12.1 Å². The van der Waals surface area contributed by atoms with Gasteiger partial charge in [0.2, 0.25) is 0 Å². The maximum absolute atomic E-state index is 12.6. The summed E-state index contributed by atoms with van der Waals surface area (Å²) in [4.78, 5) is 11.3. The normalized spacial score (nSPS) is 11.7. The number of benzene rings is 1. The Morgan fingerprint density at radius 1 is 1.33 bits per heavy atom. The number of ketones is 1. The Bertz CT molecular complexity index is 440. The van der Waals surface area contributed by atoms with Crippen LogP contribution < -0.4 is 4.74 Å². The van der Waals surface area contributed by atoms with Gasteiger partial charge in [0.15, 0.2) is 5.78 Å². The molecule has 0 aromatic heterocycles. The van der Waals surface area contributed by atoms with Crippen molar-refractivity contribution >= 4 is 5.78 Å². The SMILES string of the molecule is CCC(=O)c1ccc(OC(F)(F)F)c(C(F)F)c1. The molecule has 0 aliphatic heterocycles. The largest absolute Gasteiger partial charge is 0.573 e. The van der Waals surface area contributed by atoms with Crippen molar-refractivity contribution in [2.24, 2.45) is 0 Å². The fourth-order valence-corrected chi connectivity index (χ4v) is 1.31. The Labute approximate surface area is 99.4 Å². The molecule has 0 amide bonds. The van der Waals surface area contributed by atoms with Crippen LogP contribution in [-0.2, 0) is 0 Å². The minimum absolute atomic E-state index is 0.0673. The fourth-order valence-electron chi connectivity index (χ4n) is 1.31. The summed E-state index contributed by atoms with van der Waals surface area (Å²) in [6, 6.07) is 2.47. The van der Waals surface area contributed by atoms with Gasteiger partial charge in [-0.15, -0.1) is 13.2 Å². The summed E-state index contributed by atoms with van der Waals surface area (Å²) >= 11 is 0. The molecule has 1 aromatic rings. The van der Waals surface area contributed by atoms with E-state index in [0.29, 0.717) is 0 Å². The molecule has 18 heavy (non-hydrogen) atoms. The van der Waals surface area contributed by atoms with Crippen LogP contribution >= 0.6 is 0 Å². The Balaban J connectivity index is 3.17. The molecule has 0 fully saturated rings. The van der Waals surface area contributed by atoms with Crippen LogP contribution in [0, 0.1) is 0 Å². The second-order valence-corrected chi connectivity index (χ2v) is 3.38. The van der Waals surface area contributed by atoms with E-state index in [0.717, 1.165) is 18.2 Å². The molecular formula is C11H9F5O2. The minimum atomic E-state index is -5.06. The van der Waals surface area contributed by atoms with E-state index in [-0.39, 0.29) is 12.0 Å². The first-order valence-corrected chi connectivity index (χ1v) is 4.95. The van der Waals surface area contributed by atoms with Crippen molar-refractivity contribution in [3.8, 4) is 5.75 Å². The van der Waals surface area contributed by atoms with E-state index < -0.39 is 29.9 Å². The van der Waals surface area contributed by atoms with Crippen LogP contribution in [0.4, 0.5) is 22.0 Å². The molecule has 1 rings (SSSR count). The smallest absolute Gasteiger partial charge is 0.405 e. The maximum Gasteiger partial charge on any atom is 0.573 e. The van der Waals surface area contributed by atoms with Crippen LogP contribution in [0.5, 0.6) is 5.75 Å². The first-order chi connectivity index (χ1) is 8.24. The monoisotopic (exact) mass is 268 g/mol. The van der Waals surface area contributed by atoms with Crippen molar-refractivity contribution in [1.29, 1.82) is 0 Å². The number of halogens is 5. The van der Waals surface area contributed by atoms with Gasteiger partial charge in [-0.05, 0) is 18.2 Å². The predicted molar refractivity (Wildman–Crippen MR) is 52.7 cm³/mol. The Hall–Kier alpha value is -1.66. The number of carbonyl (C=O) groups excluding carboxylic acids is 1. The highest BCUT2D eigenvalue weighted by atomic mass is 19.4. The second kappa shape index (κ2) is 5.32. The summed E-state index contributed by atoms with van der Waals surface area (Å²) < 4.78 is 64.6. The molecule has 0 spiro atoms. The number of alkyl halides is 5. The number of hydrogen-bond acceptors (Lipinski definition) is 2. The van der Waals surface area contributed by atoms with Gasteiger partial charge >= 0.3 is 6.36 Å². The van der Waals surface area contributed by atoms with Gasteiger partial charge in [0, 0.05) is 12.0 Å². The molecule has 0 unspecified atom stereocenters. The van der Waals surface area contributed by atoms with Gasteiger partial charge in [-0.25, -0.2) is 8.78 Å². The Morgan fingerprint density at radius 2 is 1.94 bits per heavy atom. The summed E-state index contributed by atoms with van der Waals surface area (Å²) in [7, 11) is 0. The number of hydrogen-bond donors (Lipinski definition) is 0. The van der Waals surface area contributed by atoms with Gasteiger partial charge in [0.05, 0.1) is 5.56 Å². The molecular weight excluding hydrogens is 259 g/mol. The van der Waals surface area contributed by atoms with Crippen LogP contribution in [0.15, 0.2) is 18.2 Å². The average Bonchev–Trinajstić information content (AvgIpc) is 2.26. The number of Topliss-reactive ketones (excluding diaryl/α,β-unsaturated/α-hetero) is 1. The highest BCUT2D eigenvalue weighted by molar-refractivity contribution is 5.96. The standard InChI is InChI=1S/C11H9F5O2/c1-2-8(17)6-3-4-9(18-11(14,15)16)7(5-6)10(12)13/h3-5,10H,2H2,1H3. The number of rotatable bonds is 4. The van der Waals surface area contributed by atoms with E-state index >= 15 is 0 Å². The summed E-state index contributed by atoms with van der Waals surface area (Å²) in [5, 5.41) is 0. The van der Waals surface area contributed by atoms with Crippen LogP contribution in [0.3, 0.4) is 0 Å². The van der Waals surface area contributed by atoms with Gasteiger partial charge in [0.1, 0.15) is 5.75 Å². The van der Waals surface area contributed by atoms with Crippen molar-refractivity contribution in [2.75, 3.05) is 0 Å². The zero-order valence-corrected chi connectivity index (χ0v) is 9.22. The van der Waals surface area contributed by atoms with E-state index in [2.05, 4.69) is 4.74 Å². The summed E-state index contributed by atoms with van der Waals surface area (Å²) in [6.45, 7) is 1.52. The first-order valence-electron chi connectivity index (χ1n) is 4.95. The van der Waals surface area contributed by atoms with Crippen molar-refractivity contribution in [1.82, 2.24) is 0 Å². The molecule has 0 atom stereocenters. The molecule has 2 nitrogen and oxygen atoms in total. The van der Waals surface area contributed by atoms with Gasteiger partial charge in [-0.3, -0.25) is 4.79 Å². The average molecular weight is 268 g/mol. The molecule has 0 aliphatic rings. The molecule has 0 saturated carbocycles. The number of ether oxygens (including phenoxy) is 1. The zero-order valence-electron chi connectivity index (χ0n) is 9.22. The van der Waals surface area contributed by atoms with E-state index in [9.17, 15) is 26.7 Å². The maximum atomic E-state index is 12.6. The van der Waals surface area contributed by atoms with E-state index in [1.54, 1.807) is 0 Å². The number of carbonyl (C=O) groups is 1. The summed E-state index contributed by atoms with van der Waals surface area (Å²) in [5.41, 5.74) is -1.02. The van der Waals surface area contributed by atoms with E-state index in [1.165, 1.54) is 6.92 Å². The predicted octanol–water partition coefficient (Wildman–Crippen LogP) is 4.12. The Kier molecular flexibility index (Phi) is 4.26. The molecule has 7 heteroatoms. The molecule has 100 valence electrons. The van der Waals surface area contributed by atoms with Gasteiger partial charge in [-0.2, -0.15) is 0 Å². The molecule has 0 heterocycles. The van der Waals surface area contributed by atoms with Gasteiger partial charge < -0.3 is 4.74 Å². The fraction of sp³-hybridized carbons (Fsp3) is 0.364. The lowest BCUT2D eigenvalue weighted by atomic mass is 10.0. The third-order valence-electron chi connectivity index (χ3n) is 2.11. The minimum Gasteiger partial charge on any atom is -0.405 e. The van der Waals surface area contributed by atoms with Crippen LogP contribution in [0.1, 0.15) is 35.7 Å². The lowest BCUT2D eigenvalue weighted by Gasteiger charge is -2.13. The quantitative estimate of drug-likeness (QED) is 0.606. The highest BCUT2D eigenvalue weighted by Gasteiger charge is 2.33. The lowest BCUT2D eigenvalue weighted by molar-refractivity contribution is -0.275. The summed E-state index contributed by atoms with van der Waals surface area (Å²) in [6.07, 6.45) is -8.14. The summed E-state index contributed by atoms with van der Waals surface area (Å²) in [5.74, 6) is -1.43. The molecule has 0 saturated heterocycles. The third kappa shape index (κ3) is 3.68. The van der Waals surface area contributed by atoms with Crippen molar-refractivity contribution in [3.63, 3.8) is 0 Å². The van der Waals surface area contributed by atoms with Gasteiger partial charge in [0.25, 0.3) is 6.43 Å². The van der Waals surface area contributed by atoms with Crippen molar-refractivity contribution in [3.05, 3.63) is 29.3 Å². The van der Waals surface area contributed by atoms with Gasteiger partial charge in [-0.1, -0.05) is 6.92 Å². The zero-order chi connectivity index (χ0) is 13.9. The lowest BCUT2D eigenvalue weighted by Crippen LogP contribution is -2.18. The third-order valence-corrected chi connectivity index (χ3v) is 2.11. The van der Waals surface area contributed by atoms with E-state index in [1.807, 2.05) is 0 Å². The molecule has 1 aromatic carbocycles. The Morgan fingerprint density at radius 3 is 2.39 bits per heavy atom. The molecule has 0 radical (unpaired) electrons. The highest BCUT2D eigenvalue weighted by Crippen LogP contribution is 2.33. The molecule has 0 aliphatic carbocycles. The molecule has 0 N–H and O–H groups in total. The van der Waals surface area contributed by atoms with Crippen LogP contribution in [0.25, 0.3) is 0 Å². The topological polar surface area (TPSA) is 26.3 Å². The molecule has 0 bridgehead atoms. The van der Waals surface area contributed by atoms with E-state index in [4.69, 9.17) is 0 Å². The second-order valence-electron chi connectivity index (χ2n) is 3.38. The first kappa shape index (κ1) is 14.4. The van der Waals surface area contributed by atoms with Crippen molar-refractivity contribution < 1.29 is 31.5 Å². The van der Waals surface area contributed by atoms with Crippen LogP contribution in [0.2, 0.25) is 0 Å². The van der Waals surface area contributed by atoms with Crippen molar-refractivity contribution in [2.45, 2.75) is 26.1 Å².